The van der Waals surface area contributed by atoms with Gasteiger partial charge in [-0.15, -0.1) is 0 Å². The summed E-state index contributed by atoms with van der Waals surface area (Å²) in [5, 5.41) is 21.5. The molecule has 0 saturated heterocycles. The third kappa shape index (κ3) is 12.2. The number of anilines is 1. The van der Waals surface area contributed by atoms with Gasteiger partial charge in [0.05, 0.1) is 23.6 Å². The van der Waals surface area contributed by atoms with Crippen molar-refractivity contribution in [1.82, 2.24) is 15.3 Å². The minimum Gasteiger partial charge on any atom is -0.475 e. The molecule has 0 bridgehead atoms. The fourth-order valence-electron chi connectivity index (χ4n) is 4.35. The number of nitrogens with zero attached hydrogens (tertiary/aromatic N) is 3. The highest BCUT2D eigenvalue weighted by Gasteiger charge is 2.39. The predicted octanol–water partition coefficient (Wildman–Crippen LogP) is 4.83. The average Bonchev–Trinajstić information content (AvgIpc) is 2.98. The molecule has 4 rings (SSSR count). The fraction of sp³-hybridized carbons (Fsp3) is 0.379. The topological polar surface area (TPSA) is 206 Å². The third-order valence-electron chi connectivity index (χ3n) is 6.62. The second-order valence-electron chi connectivity index (χ2n) is 10.4. The second kappa shape index (κ2) is 16.6. The average molecular weight is 692 g/mol. The molecule has 1 aliphatic rings. The zero-order valence-electron chi connectivity index (χ0n) is 25.4. The molecule has 2 aromatic carbocycles. The Bertz CT molecular complexity index is 1590. The standard InChI is InChI=1S/C25H30FN7O.2C2HF3O2/c1-14-7-12-19-18(13-14)22(31-20-5-3-4-6-21(20)32-25(27)28)33-23(30-19)24(34)29-15(2)16-8-10-17(26)11-9-16;2*3-2(4,5)1(6)7/h7-13,15,20-21H,3-6H2,1-2H3,(H,29,34)(H4,27,28,32)(H,30,31,33);2*(H,6,7). The van der Waals surface area contributed by atoms with Crippen LogP contribution in [-0.2, 0) is 9.59 Å². The van der Waals surface area contributed by atoms with E-state index in [4.69, 9.17) is 31.3 Å². The first-order valence-corrected chi connectivity index (χ1v) is 14.0. The number of alkyl halides is 6. The van der Waals surface area contributed by atoms with Gasteiger partial charge in [-0.1, -0.05) is 36.6 Å². The molecule has 1 saturated carbocycles. The number of aliphatic carboxylic acids is 2. The number of aromatic nitrogens is 2. The smallest absolute Gasteiger partial charge is 0.475 e. The van der Waals surface area contributed by atoms with E-state index >= 15 is 0 Å². The number of nitrogens with one attached hydrogen (secondary N) is 2. The molecule has 0 radical (unpaired) electrons. The number of benzene rings is 2. The van der Waals surface area contributed by atoms with Gasteiger partial charge in [0.25, 0.3) is 5.91 Å². The number of aryl methyl sites for hydroxylation is 1. The molecule has 12 nitrogen and oxygen atoms in total. The summed E-state index contributed by atoms with van der Waals surface area (Å²) in [5.74, 6) is -5.55. The molecule has 8 N–H and O–H groups in total. The van der Waals surface area contributed by atoms with Gasteiger partial charge in [0, 0.05) is 5.39 Å². The normalized spacial score (nSPS) is 16.6. The molecule has 19 heteroatoms. The number of carbonyl (C=O) groups excluding carboxylic acids is 1. The first-order valence-electron chi connectivity index (χ1n) is 14.0. The summed E-state index contributed by atoms with van der Waals surface area (Å²) in [4.78, 5) is 44.4. The molecule has 3 atom stereocenters. The Morgan fingerprint density at radius 2 is 1.46 bits per heavy atom. The Labute approximate surface area is 268 Å². The van der Waals surface area contributed by atoms with Gasteiger partial charge in [-0.05, 0) is 56.5 Å². The number of nitrogens with two attached hydrogens (primary N) is 2. The molecular weight excluding hydrogens is 659 g/mol. The summed E-state index contributed by atoms with van der Waals surface area (Å²) in [6.07, 6.45) is -6.29. The van der Waals surface area contributed by atoms with Crippen LogP contribution in [-0.4, -0.2) is 68.4 Å². The van der Waals surface area contributed by atoms with Crippen LogP contribution in [0.5, 0.6) is 0 Å². The SMILES string of the molecule is Cc1ccc2nc(C(=O)NC(C)c3ccc(F)cc3)nc(NC3CCCCC3N=C(N)N)c2c1.O=C(O)C(F)(F)F.O=C(O)C(F)(F)F. The summed E-state index contributed by atoms with van der Waals surface area (Å²) in [5.41, 5.74) is 13.8. The fourth-order valence-corrected chi connectivity index (χ4v) is 4.35. The van der Waals surface area contributed by atoms with Crippen molar-refractivity contribution in [2.75, 3.05) is 5.32 Å². The summed E-state index contributed by atoms with van der Waals surface area (Å²) in [6.45, 7) is 3.83. The molecule has 3 unspecified atom stereocenters. The first kappa shape index (κ1) is 39.0. The number of amides is 1. The van der Waals surface area contributed by atoms with Gasteiger partial charge < -0.3 is 32.3 Å². The van der Waals surface area contributed by atoms with Crippen molar-refractivity contribution >= 4 is 40.5 Å². The van der Waals surface area contributed by atoms with E-state index in [0.29, 0.717) is 11.3 Å². The number of carbonyl (C=O) groups is 3. The van der Waals surface area contributed by atoms with Crippen LogP contribution in [0.3, 0.4) is 0 Å². The van der Waals surface area contributed by atoms with Gasteiger partial charge in [-0.3, -0.25) is 4.79 Å². The van der Waals surface area contributed by atoms with E-state index in [-0.39, 0.29) is 35.7 Å². The molecule has 1 amide bonds. The van der Waals surface area contributed by atoms with Crippen molar-refractivity contribution in [3.63, 3.8) is 0 Å². The van der Waals surface area contributed by atoms with E-state index in [2.05, 4.69) is 25.6 Å². The lowest BCUT2D eigenvalue weighted by atomic mass is 9.90. The van der Waals surface area contributed by atoms with Crippen LogP contribution in [0.4, 0.5) is 36.6 Å². The number of rotatable bonds is 6. The molecule has 48 heavy (non-hydrogen) atoms. The number of aliphatic imine (C=N–C) groups is 1. The lowest BCUT2D eigenvalue weighted by molar-refractivity contribution is -0.193. The number of hydrogen-bond donors (Lipinski definition) is 6. The Hall–Kier alpha value is -5.23. The first-order chi connectivity index (χ1) is 22.2. The van der Waals surface area contributed by atoms with Crippen LogP contribution in [0.2, 0.25) is 0 Å². The minimum atomic E-state index is -5.08. The summed E-state index contributed by atoms with van der Waals surface area (Å²) >= 11 is 0. The molecule has 1 fully saturated rings. The maximum Gasteiger partial charge on any atom is 0.490 e. The maximum atomic E-state index is 13.3. The van der Waals surface area contributed by atoms with Crippen molar-refractivity contribution in [3.8, 4) is 0 Å². The van der Waals surface area contributed by atoms with Crippen LogP contribution in [0.1, 0.15) is 60.4 Å². The maximum absolute atomic E-state index is 13.3. The Morgan fingerprint density at radius 3 is 1.98 bits per heavy atom. The van der Waals surface area contributed by atoms with E-state index < -0.39 is 30.2 Å². The zero-order chi connectivity index (χ0) is 36.4. The lowest BCUT2D eigenvalue weighted by Crippen LogP contribution is -2.38. The molecular formula is C29H32F7N7O5. The van der Waals surface area contributed by atoms with Gasteiger partial charge in [0.1, 0.15) is 11.6 Å². The van der Waals surface area contributed by atoms with E-state index in [1.807, 2.05) is 32.0 Å². The number of fused-ring (bicyclic) bond motifs is 1. The van der Waals surface area contributed by atoms with Crippen molar-refractivity contribution in [2.24, 2.45) is 16.5 Å². The van der Waals surface area contributed by atoms with Gasteiger partial charge in [0.2, 0.25) is 5.82 Å². The third-order valence-corrected chi connectivity index (χ3v) is 6.62. The molecule has 3 aromatic rings. The van der Waals surface area contributed by atoms with Gasteiger partial charge in [0.15, 0.2) is 5.96 Å². The Balaban J connectivity index is 0.000000479. The summed E-state index contributed by atoms with van der Waals surface area (Å²) in [7, 11) is 0. The van der Waals surface area contributed by atoms with Crippen molar-refractivity contribution < 1.29 is 55.3 Å². The monoisotopic (exact) mass is 691 g/mol. The van der Waals surface area contributed by atoms with Gasteiger partial charge in [-0.25, -0.2) is 28.9 Å². The van der Waals surface area contributed by atoms with Crippen LogP contribution in [0.15, 0.2) is 47.5 Å². The van der Waals surface area contributed by atoms with Crippen LogP contribution < -0.4 is 22.1 Å². The highest BCUT2D eigenvalue weighted by atomic mass is 19.4. The molecule has 0 spiro atoms. The summed E-state index contributed by atoms with van der Waals surface area (Å²) < 4.78 is 76.7. The zero-order valence-corrected chi connectivity index (χ0v) is 25.4. The molecule has 262 valence electrons. The number of hydrogen-bond acceptors (Lipinski definition) is 7. The van der Waals surface area contributed by atoms with E-state index in [9.17, 15) is 35.5 Å². The molecule has 1 heterocycles. The highest BCUT2D eigenvalue weighted by Crippen LogP contribution is 2.28. The predicted molar refractivity (Wildman–Crippen MR) is 159 cm³/mol. The number of carboxylic acid groups (broad SMARTS) is 2. The van der Waals surface area contributed by atoms with Crippen LogP contribution in [0.25, 0.3) is 10.9 Å². The van der Waals surface area contributed by atoms with Crippen molar-refractivity contribution in [2.45, 2.75) is 70.0 Å². The lowest BCUT2D eigenvalue weighted by Gasteiger charge is -2.30. The van der Waals surface area contributed by atoms with Gasteiger partial charge >= 0.3 is 24.3 Å². The minimum absolute atomic E-state index is 0.0106. The highest BCUT2D eigenvalue weighted by molar-refractivity contribution is 5.97. The van der Waals surface area contributed by atoms with Crippen LogP contribution in [0, 0.1) is 12.7 Å². The van der Waals surface area contributed by atoms with Gasteiger partial charge in [-0.2, -0.15) is 26.3 Å². The largest absolute Gasteiger partial charge is 0.490 e. The van der Waals surface area contributed by atoms with E-state index in [1.165, 1.54) is 12.1 Å². The molecule has 1 aliphatic carbocycles. The van der Waals surface area contributed by atoms with Crippen molar-refractivity contribution in [1.29, 1.82) is 0 Å². The molecule has 1 aromatic heterocycles. The van der Waals surface area contributed by atoms with E-state index in [1.54, 1.807) is 12.1 Å². The Kier molecular flexibility index (Phi) is 13.4. The molecule has 0 aliphatic heterocycles. The van der Waals surface area contributed by atoms with E-state index in [0.717, 1.165) is 42.2 Å². The number of halogens is 7. The Morgan fingerprint density at radius 1 is 0.917 bits per heavy atom. The van der Waals surface area contributed by atoms with Crippen LogP contribution >= 0.6 is 0 Å². The number of carboxylic acids is 2. The summed E-state index contributed by atoms with van der Waals surface area (Å²) in [6, 6.07) is 11.4. The second-order valence-corrected chi connectivity index (χ2v) is 10.4. The quantitative estimate of drug-likeness (QED) is 0.118. The number of guanidine groups is 1. The van der Waals surface area contributed by atoms with Crippen molar-refractivity contribution in [3.05, 3.63) is 65.2 Å².